The van der Waals surface area contributed by atoms with E-state index >= 15 is 0 Å². The van der Waals surface area contributed by atoms with E-state index in [-0.39, 0.29) is 17.5 Å². The smallest absolute Gasteiger partial charge is 0.329 e. The van der Waals surface area contributed by atoms with Crippen LogP contribution in [-0.4, -0.2) is 35.4 Å². The van der Waals surface area contributed by atoms with Gasteiger partial charge in [0.2, 0.25) is 5.91 Å². The van der Waals surface area contributed by atoms with E-state index in [0.29, 0.717) is 16.3 Å². The van der Waals surface area contributed by atoms with E-state index < -0.39 is 30.2 Å². The first-order chi connectivity index (χ1) is 14.8. The normalized spacial score (nSPS) is 15.7. The molecule has 2 N–H and O–H groups in total. The Labute approximate surface area is 183 Å². The van der Waals surface area contributed by atoms with E-state index in [0.717, 1.165) is 11.3 Å². The maximum atomic E-state index is 13.7. The molecule has 0 radical (unpaired) electrons. The molecule has 1 saturated heterocycles. The Morgan fingerprint density at radius 3 is 2.71 bits per heavy atom. The fraction of sp³-hybridized carbons (Fsp3) is 0.227. The Kier molecular flexibility index (Phi) is 6.91. The van der Waals surface area contributed by atoms with Gasteiger partial charge in [-0.15, -0.1) is 0 Å². The van der Waals surface area contributed by atoms with E-state index in [9.17, 15) is 18.8 Å². The quantitative estimate of drug-likeness (QED) is 0.494. The molecule has 7 nitrogen and oxygen atoms in total. The average Bonchev–Trinajstić information content (AvgIpc) is 2.99. The lowest BCUT2D eigenvalue weighted by atomic mass is 10.1. The van der Waals surface area contributed by atoms with Crippen molar-refractivity contribution in [2.24, 2.45) is 0 Å². The van der Waals surface area contributed by atoms with Gasteiger partial charge in [-0.2, -0.15) is 0 Å². The predicted molar refractivity (Wildman–Crippen MR) is 115 cm³/mol. The third kappa shape index (κ3) is 5.40. The average molecular weight is 446 g/mol. The summed E-state index contributed by atoms with van der Waals surface area (Å²) >= 11 is 6.25. The number of halogens is 2. The number of benzene rings is 2. The highest BCUT2D eigenvalue weighted by Gasteiger charge is 2.35. The number of amides is 4. The predicted octanol–water partition coefficient (Wildman–Crippen LogP) is 4.19. The molecule has 2 aromatic carbocycles. The van der Waals surface area contributed by atoms with Crippen LogP contribution in [0.5, 0.6) is 5.75 Å². The summed E-state index contributed by atoms with van der Waals surface area (Å²) in [5.74, 6) is -1.48. The number of nitrogens with zero attached hydrogens (tertiary/aromatic N) is 1. The van der Waals surface area contributed by atoms with Crippen LogP contribution in [-0.2, 0) is 9.59 Å². The van der Waals surface area contributed by atoms with Crippen molar-refractivity contribution >= 4 is 41.2 Å². The van der Waals surface area contributed by atoms with Gasteiger partial charge in [0.05, 0.1) is 16.8 Å². The molecular formula is C22H21ClFN3O4. The number of urea groups is 1. The largest absolute Gasteiger partial charge is 0.489 e. The second-order valence-electron chi connectivity index (χ2n) is 6.93. The molecule has 3 rings (SSSR count). The zero-order valence-corrected chi connectivity index (χ0v) is 17.7. The van der Waals surface area contributed by atoms with Crippen molar-refractivity contribution in [2.75, 3.05) is 11.9 Å². The van der Waals surface area contributed by atoms with Gasteiger partial charge in [-0.1, -0.05) is 36.7 Å². The Morgan fingerprint density at radius 2 is 2.03 bits per heavy atom. The number of imide groups is 1. The number of para-hydroxylation sites is 1. The number of rotatable bonds is 7. The number of carbonyl (C=O) groups is 3. The summed E-state index contributed by atoms with van der Waals surface area (Å²) in [6.07, 6.45) is 2.28. The summed E-state index contributed by atoms with van der Waals surface area (Å²) < 4.78 is 19.4. The Hall–Kier alpha value is -3.39. The molecule has 9 heteroatoms. The van der Waals surface area contributed by atoms with Crippen LogP contribution in [0.25, 0.3) is 6.08 Å². The standard InChI is InChI=1S/C22H21ClFN3O4/c1-3-13(2)31-19-9-8-14(10-15(19)23)11-18-21(29)27(22(30)26-18)12-20(28)25-17-7-5-4-6-16(17)24/h4-11,13H,3,12H2,1-2H3,(H,25,28)(H,26,30)/b18-11-/t13-/m1/s1. The van der Waals surface area contributed by atoms with Crippen molar-refractivity contribution in [3.05, 3.63) is 64.6 Å². The fourth-order valence-electron chi connectivity index (χ4n) is 2.78. The van der Waals surface area contributed by atoms with E-state index in [1.54, 1.807) is 24.3 Å². The monoisotopic (exact) mass is 445 g/mol. The number of anilines is 1. The molecule has 0 unspecified atom stereocenters. The highest BCUT2D eigenvalue weighted by atomic mass is 35.5. The number of nitrogens with one attached hydrogen (secondary N) is 2. The van der Waals surface area contributed by atoms with E-state index in [2.05, 4.69) is 10.6 Å². The molecule has 0 aromatic heterocycles. The van der Waals surface area contributed by atoms with Gasteiger partial charge in [0.1, 0.15) is 23.8 Å². The molecule has 31 heavy (non-hydrogen) atoms. The Bertz CT molecular complexity index is 1060. The van der Waals surface area contributed by atoms with E-state index in [1.165, 1.54) is 24.3 Å². The number of hydrogen-bond donors (Lipinski definition) is 2. The summed E-state index contributed by atoms with van der Waals surface area (Å²) in [4.78, 5) is 37.7. The molecule has 2 aromatic rings. The maximum absolute atomic E-state index is 13.7. The summed E-state index contributed by atoms with van der Waals surface area (Å²) in [6.45, 7) is 3.36. The van der Waals surface area contributed by atoms with Crippen molar-refractivity contribution in [2.45, 2.75) is 26.4 Å². The molecular weight excluding hydrogens is 425 g/mol. The van der Waals surface area contributed by atoms with Crippen molar-refractivity contribution in [3.63, 3.8) is 0 Å². The highest BCUT2D eigenvalue weighted by molar-refractivity contribution is 6.32. The molecule has 1 fully saturated rings. The number of carbonyl (C=O) groups excluding carboxylic acids is 3. The molecule has 0 saturated carbocycles. The third-order valence-electron chi connectivity index (χ3n) is 4.58. The van der Waals surface area contributed by atoms with Crippen LogP contribution in [0.2, 0.25) is 5.02 Å². The van der Waals surface area contributed by atoms with E-state index in [1.807, 2.05) is 13.8 Å². The minimum absolute atomic E-state index is 0.00136. The molecule has 0 spiro atoms. The molecule has 1 aliphatic rings. The molecule has 1 heterocycles. The van der Waals surface area contributed by atoms with Gasteiger partial charge < -0.3 is 15.4 Å². The summed E-state index contributed by atoms with van der Waals surface area (Å²) in [6, 6.07) is 9.84. The van der Waals surface area contributed by atoms with Gasteiger partial charge in [0, 0.05) is 0 Å². The van der Waals surface area contributed by atoms with Gasteiger partial charge in [0.25, 0.3) is 5.91 Å². The minimum Gasteiger partial charge on any atom is -0.489 e. The van der Waals surface area contributed by atoms with Gasteiger partial charge in [-0.25, -0.2) is 14.1 Å². The minimum atomic E-state index is -0.747. The first kappa shape index (κ1) is 22.3. The summed E-state index contributed by atoms with van der Waals surface area (Å²) in [7, 11) is 0. The Morgan fingerprint density at radius 1 is 1.29 bits per heavy atom. The van der Waals surface area contributed by atoms with Crippen molar-refractivity contribution in [1.82, 2.24) is 10.2 Å². The van der Waals surface area contributed by atoms with Crippen LogP contribution in [0, 0.1) is 5.82 Å². The van der Waals surface area contributed by atoms with Gasteiger partial charge >= 0.3 is 6.03 Å². The summed E-state index contributed by atoms with van der Waals surface area (Å²) in [5, 5.41) is 5.13. The highest BCUT2D eigenvalue weighted by Crippen LogP contribution is 2.28. The molecule has 0 bridgehead atoms. The molecule has 0 aliphatic carbocycles. The van der Waals surface area contributed by atoms with Crippen LogP contribution < -0.4 is 15.4 Å². The van der Waals surface area contributed by atoms with Crippen molar-refractivity contribution < 1.29 is 23.5 Å². The Balaban J connectivity index is 1.69. The zero-order chi connectivity index (χ0) is 22.5. The van der Waals surface area contributed by atoms with Crippen LogP contribution in [0.4, 0.5) is 14.9 Å². The molecule has 162 valence electrons. The van der Waals surface area contributed by atoms with Crippen LogP contribution in [0.1, 0.15) is 25.8 Å². The first-order valence-electron chi connectivity index (χ1n) is 9.63. The number of ether oxygens (including phenoxy) is 1. The molecule has 1 atom stereocenters. The van der Waals surface area contributed by atoms with Gasteiger partial charge in [0.15, 0.2) is 0 Å². The second-order valence-corrected chi connectivity index (χ2v) is 7.34. The lowest BCUT2D eigenvalue weighted by Crippen LogP contribution is -2.38. The van der Waals surface area contributed by atoms with E-state index in [4.69, 9.17) is 16.3 Å². The second kappa shape index (κ2) is 9.61. The fourth-order valence-corrected chi connectivity index (χ4v) is 3.01. The lowest BCUT2D eigenvalue weighted by Gasteiger charge is -2.14. The molecule has 1 aliphatic heterocycles. The van der Waals surface area contributed by atoms with Crippen LogP contribution in [0.3, 0.4) is 0 Å². The maximum Gasteiger partial charge on any atom is 0.329 e. The lowest BCUT2D eigenvalue weighted by molar-refractivity contribution is -0.127. The summed E-state index contributed by atoms with van der Waals surface area (Å²) in [5.41, 5.74) is 0.530. The number of hydrogen-bond acceptors (Lipinski definition) is 4. The third-order valence-corrected chi connectivity index (χ3v) is 4.88. The van der Waals surface area contributed by atoms with Crippen LogP contribution in [0.15, 0.2) is 48.2 Å². The molecule has 4 amide bonds. The first-order valence-corrected chi connectivity index (χ1v) is 10.0. The van der Waals surface area contributed by atoms with Gasteiger partial charge in [-0.05, 0) is 49.2 Å². The SMILES string of the molecule is CC[C@@H](C)Oc1ccc(/C=C2\NC(=O)N(CC(=O)Nc3ccccc3F)C2=O)cc1Cl. The zero-order valence-electron chi connectivity index (χ0n) is 16.9. The topological polar surface area (TPSA) is 87.7 Å². The van der Waals surface area contributed by atoms with Crippen molar-refractivity contribution in [3.8, 4) is 5.75 Å². The van der Waals surface area contributed by atoms with Crippen LogP contribution >= 0.6 is 11.6 Å². The van der Waals surface area contributed by atoms with Crippen molar-refractivity contribution in [1.29, 1.82) is 0 Å². The van der Waals surface area contributed by atoms with Gasteiger partial charge in [-0.3, -0.25) is 9.59 Å².